The smallest absolute Gasteiger partial charge is 0.190 e. The van der Waals surface area contributed by atoms with Crippen molar-refractivity contribution in [2.45, 2.75) is 13.5 Å². The molecule has 0 heterocycles. The van der Waals surface area contributed by atoms with Gasteiger partial charge in [0.15, 0.2) is 14.9 Å². The van der Waals surface area contributed by atoms with E-state index in [1.54, 1.807) is 7.11 Å². The second kappa shape index (κ2) is 6.25. The molecule has 0 fully saturated rings. The van der Waals surface area contributed by atoms with Gasteiger partial charge in [-0.1, -0.05) is 12.1 Å². The van der Waals surface area contributed by atoms with Gasteiger partial charge < -0.3 is 4.74 Å². The summed E-state index contributed by atoms with van der Waals surface area (Å²) in [5, 5.41) is 10.7. The van der Waals surface area contributed by atoms with Gasteiger partial charge in [0.25, 0.3) is 0 Å². The van der Waals surface area contributed by atoms with E-state index in [2.05, 4.69) is 15.4 Å². The molecular formula is C11H15N3O3S. The number of nitrogens with zero attached hydrogens (tertiary/aromatic N) is 3. The first kappa shape index (κ1) is 14.3. The number of sulfone groups is 1. The topological polar surface area (TPSA) is 80.5 Å². The van der Waals surface area contributed by atoms with Crippen LogP contribution >= 0.6 is 0 Å². The zero-order valence-electron chi connectivity index (χ0n) is 10.5. The van der Waals surface area contributed by atoms with E-state index >= 15 is 0 Å². The standard InChI is InChI=1S/C11H15N3O3S/c1-9(18(3,15)16)13-14-12-8-10-5-4-6-11(7-10)17-2/h4-7H,8H2,1-3H3/b13-9+,14-12-. The first-order valence-electron chi connectivity index (χ1n) is 5.17. The Bertz CT molecular complexity index is 565. The zero-order chi connectivity index (χ0) is 13.6. The van der Waals surface area contributed by atoms with Crippen LogP contribution in [0.15, 0.2) is 39.7 Å². The van der Waals surface area contributed by atoms with Crippen LogP contribution < -0.4 is 4.74 Å². The third-order valence-corrected chi connectivity index (χ3v) is 3.33. The van der Waals surface area contributed by atoms with Gasteiger partial charge in [-0.05, 0) is 29.8 Å². The fourth-order valence-electron chi connectivity index (χ4n) is 1.05. The molecular weight excluding hydrogens is 254 g/mol. The van der Waals surface area contributed by atoms with Crippen molar-refractivity contribution in [2.24, 2.45) is 15.4 Å². The molecule has 0 N–H and O–H groups in total. The lowest BCUT2D eigenvalue weighted by molar-refractivity contribution is 0.414. The summed E-state index contributed by atoms with van der Waals surface area (Å²) < 4.78 is 27.1. The molecule has 0 unspecified atom stereocenters. The lowest BCUT2D eigenvalue weighted by Crippen LogP contribution is -2.07. The van der Waals surface area contributed by atoms with Gasteiger partial charge in [0.05, 0.1) is 13.7 Å². The molecule has 1 aromatic rings. The van der Waals surface area contributed by atoms with Crippen LogP contribution in [-0.2, 0) is 16.4 Å². The molecule has 0 aliphatic rings. The Hall–Kier alpha value is -1.76. The van der Waals surface area contributed by atoms with Crippen LogP contribution in [0.2, 0.25) is 0 Å². The summed E-state index contributed by atoms with van der Waals surface area (Å²) in [5.74, 6) is 0.735. The average molecular weight is 269 g/mol. The first-order chi connectivity index (χ1) is 8.43. The van der Waals surface area contributed by atoms with Gasteiger partial charge in [-0.3, -0.25) is 0 Å². The fraction of sp³-hybridized carbons (Fsp3) is 0.364. The van der Waals surface area contributed by atoms with Crippen LogP contribution in [0.25, 0.3) is 0 Å². The summed E-state index contributed by atoms with van der Waals surface area (Å²) in [7, 11) is -1.70. The summed E-state index contributed by atoms with van der Waals surface area (Å²) in [6.45, 7) is 1.69. The molecule has 0 amide bonds. The van der Waals surface area contributed by atoms with Crippen molar-refractivity contribution >= 4 is 14.9 Å². The molecule has 0 radical (unpaired) electrons. The van der Waals surface area contributed by atoms with Gasteiger partial charge in [-0.2, -0.15) is 5.11 Å². The van der Waals surface area contributed by atoms with Crippen LogP contribution in [0.3, 0.4) is 0 Å². The minimum Gasteiger partial charge on any atom is -0.497 e. The van der Waals surface area contributed by atoms with Crippen LogP contribution in [0.1, 0.15) is 12.5 Å². The SMILES string of the molecule is COc1cccc(C/N=N\N=C(/C)S(C)(=O)=O)c1. The summed E-state index contributed by atoms with van der Waals surface area (Å²) >= 11 is 0. The molecule has 18 heavy (non-hydrogen) atoms. The van der Waals surface area contributed by atoms with E-state index in [9.17, 15) is 8.42 Å². The van der Waals surface area contributed by atoms with Crippen molar-refractivity contribution in [3.8, 4) is 5.75 Å². The Balaban J connectivity index is 2.65. The number of benzene rings is 1. The second-order valence-electron chi connectivity index (χ2n) is 3.63. The summed E-state index contributed by atoms with van der Waals surface area (Å²) in [5.41, 5.74) is 0.908. The second-order valence-corrected chi connectivity index (χ2v) is 5.77. The highest BCUT2D eigenvalue weighted by molar-refractivity contribution is 8.05. The van der Waals surface area contributed by atoms with Crippen LogP contribution in [0, 0.1) is 0 Å². The molecule has 1 aromatic carbocycles. The largest absolute Gasteiger partial charge is 0.497 e. The highest BCUT2D eigenvalue weighted by Gasteiger charge is 2.05. The molecule has 98 valence electrons. The maximum Gasteiger partial charge on any atom is 0.190 e. The highest BCUT2D eigenvalue weighted by atomic mass is 32.2. The van der Waals surface area contributed by atoms with E-state index in [1.807, 2.05) is 24.3 Å². The average Bonchev–Trinajstić information content (AvgIpc) is 2.33. The van der Waals surface area contributed by atoms with E-state index in [1.165, 1.54) is 6.92 Å². The molecule has 1 rings (SSSR count). The Kier molecular flexibility index (Phi) is 4.96. The number of hydrogen-bond acceptors (Lipinski definition) is 5. The maximum absolute atomic E-state index is 11.0. The quantitative estimate of drug-likeness (QED) is 0.363. The fourth-order valence-corrected chi connectivity index (χ4v) is 1.24. The van der Waals surface area contributed by atoms with Crippen molar-refractivity contribution < 1.29 is 13.2 Å². The number of ether oxygens (including phenoxy) is 1. The predicted octanol–water partition coefficient (Wildman–Crippen LogP) is 2.03. The molecule has 0 atom stereocenters. The van der Waals surface area contributed by atoms with E-state index in [-0.39, 0.29) is 5.04 Å². The van der Waals surface area contributed by atoms with Gasteiger partial charge in [-0.15, -0.1) is 5.10 Å². The Morgan fingerprint density at radius 2 is 2.11 bits per heavy atom. The van der Waals surface area contributed by atoms with Crippen LogP contribution in [-0.4, -0.2) is 26.8 Å². The monoisotopic (exact) mass is 269 g/mol. The van der Waals surface area contributed by atoms with Crippen molar-refractivity contribution in [3.63, 3.8) is 0 Å². The van der Waals surface area contributed by atoms with Crippen molar-refractivity contribution in [2.75, 3.05) is 13.4 Å². The van der Waals surface area contributed by atoms with Gasteiger partial charge >= 0.3 is 0 Å². The minimum absolute atomic E-state index is 0.0584. The predicted molar refractivity (Wildman–Crippen MR) is 69.5 cm³/mol. The van der Waals surface area contributed by atoms with Gasteiger partial charge in [0, 0.05) is 6.26 Å². The lowest BCUT2D eigenvalue weighted by atomic mass is 10.2. The normalized spacial score (nSPS) is 12.9. The van der Waals surface area contributed by atoms with Crippen LogP contribution in [0.4, 0.5) is 0 Å². The molecule has 6 nitrogen and oxygen atoms in total. The van der Waals surface area contributed by atoms with E-state index in [0.29, 0.717) is 6.54 Å². The molecule has 0 saturated heterocycles. The van der Waals surface area contributed by atoms with Gasteiger partial charge in [0.2, 0.25) is 0 Å². The Labute approximate surface area is 106 Å². The minimum atomic E-state index is -3.28. The van der Waals surface area contributed by atoms with E-state index < -0.39 is 9.84 Å². The first-order valence-corrected chi connectivity index (χ1v) is 7.06. The highest BCUT2D eigenvalue weighted by Crippen LogP contribution is 2.13. The third kappa shape index (κ3) is 4.62. The van der Waals surface area contributed by atoms with Crippen molar-refractivity contribution in [1.29, 1.82) is 0 Å². The summed E-state index contributed by atoms with van der Waals surface area (Å²) in [6.07, 6.45) is 1.07. The van der Waals surface area contributed by atoms with Gasteiger partial charge in [-0.25, -0.2) is 8.42 Å². The zero-order valence-corrected chi connectivity index (χ0v) is 11.3. The van der Waals surface area contributed by atoms with Crippen molar-refractivity contribution in [3.05, 3.63) is 29.8 Å². The molecule has 0 aliphatic carbocycles. The number of methoxy groups -OCH3 is 1. The molecule has 0 aliphatic heterocycles. The Morgan fingerprint density at radius 1 is 1.39 bits per heavy atom. The number of hydrogen-bond donors (Lipinski definition) is 0. The Morgan fingerprint density at radius 3 is 2.72 bits per heavy atom. The molecule has 0 spiro atoms. The van der Waals surface area contributed by atoms with E-state index in [0.717, 1.165) is 17.6 Å². The lowest BCUT2D eigenvalue weighted by Gasteiger charge is -2.00. The molecule has 0 bridgehead atoms. The van der Waals surface area contributed by atoms with Gasteiger partial charge in [0.1, 0.15) is 5.75 Å². The summed E-state index contributed by atoms with van der Waals surface area (Å²) in [4.78, 5) is 0. The maximum atomic E-state index is 11.0. The molecule has 0 aromatic heterocycles. The van der Waals surface area contributed by atoms with E-state index in [4.69, 9.17) is 4.74 Å². The third-order valence-electron chi connectivity index (χ3n) is 2.17. The number of rotatable bonds is 4. The molecule has 0 saturated carbocycles. The summed E-state index contributed by atoms with van der Waals surface area (Å²) in [6, 6.07) is 7.36. The molecule has 7 heteroatoms. The van der Waals surface area contributed by atoms with Crippen molar-refractivity contribution in [1.82, 2.24) is 0 Å². The van der Waals surface area contributed by atoms with Crippen LogP contribution in [0.5, 0.6) is 5.75 Å².